The molecule has 2 heteroatoms. The zero-order chi connectivity index (χ0) is 17.2. The van der Waals surface area contributed by atoms with Gasteiger partial charge < -0.3 is 0 Å². The quantitative estimate of drug-likeness (QED) is 0.618. The second-order valence-corrected chi connectivity index (χ2v) is 7.82. The van der Waals surface area contributed by atoms with Crippen LogP contribution in [0, 0.1) is 17.8 Å². The Morgan fingerprint density at radius 3 is 2.60 bits per heavy atom. The van der Waals surface area contributed by atoms with Gasteiger partial charge in [-0.2, -0.15) is 0 Å². The second-order valence-electron chi connectivity index (χ2n) is 7.42. The first-order valence-electron chi connectivity index (χ1n) is 9.34. The predicted octanol–water partition coefficient (Wildman–Crippen LogP) is 5.46. The Morgan fingerprint density at radius 1 is 1.00 bits per heavy atom. The Labute approximate surface area is 156 Å². The number of benzene rings is 2. The standard InChI is InChI=1S/C23H24ClN/c1-17-12-14-25(15-13-17)23-11-9-20-16-18(7-10-21(20)23)6-8-19-4-2-3-5-22(19)24/h2-5,7,10,16-17,23H,9,11-15H2,1H3. The van der Waals surface area contributed by atoms with Crippen molar-refractivity contribution >= 4 is 11.6 Å². The largest absolute Gasteiger partial charge is 0.296 e. The summed E-state index contributed by atoms with van der Waals surface area (Å²) in [5.41, 5.74) is 4.99. The summed E-state index contributed by atoms with van der Waals surface area (Å²) in [6.45, 7) is 4.88. The number of rotatable bonds is 1. The van der Waals surface area contributed by atoms with E-state index in [9.17, 15) is 0 Å². The summed E-state index contributed by atoms with van der Waals surface area (Å²) < 4.78 is 0. The number of nitrogens with zero attached hydrogens (tertiary/aromatic N) is 1. The van der Waals surface area contributed by atoms with Crippen LogP contribution < -0.4 is 0 Å². The van der Waals surface area contributed by atoms with Crippen molar-refractivity contribution < 1.29 is 0 Å². The number of hydrogen-bond acceptors (Lipinski definition) is 1. The zero-order valence-corrected chi connectivity index (χ0v) is 15.5. The van der Waals surface area contributed by atoms with E-state index in [1.807, 2.05) is 24.3 Å². The molecule has 1 atom stereocenters. The summed E-state index contributed by atoms with van der Waals surface area (Å²) in [6.07, 6.45) is 5.11. The molecule has 2 aromatic carbocycles. The summed E-state index contributed by atoms with van der Waals surface area (Å²) in [6, 6.07) is 15.1. The van der Waals surface area contributed by atoms with Crippen molar-refractivity contribution in [2.75, 3.05) is 13.1 Å². The minimum Gasteiger partial charge on any atom is -0.296 e. The van der Waals surface area contributed by atoms with Gasteiger partial charge in [0.25, 0.3) is 0 Å². The van der Waals surface area contributed by atoms with E-state index in [4.69, 9.17) is 11.6 Å². The molecule has 0 amide bonds. The smallest absolute Gasteiger partial charge is 0.0562 e. The van der Waals surface area contributed by atoms with Crippen LogP contribution in [-0.2, 0) is 6.42 Å². The Hall–Kier alpha value is -1.75. The van der Waals surface area contributed by atoms with Crippen LogP contribution in [0.4, 0.5) is 0 Å². The van der Waals surface area contributed by atoms with Gasteiger partial charge in [-0.05, 0) is 80.1 Å². The summed E-state index contributed by atoms with van der Waals surface area (Å²) >= 11 is 6.19. The molecule has 1 unspecified atom stereocenters. The van der Waals surface area contributed by atoms with Crippen LogP contribution in [0.5, 0.6) is 0 Å². The SMILES string of the molecule is CC1CCN(C2CCc3cc(C#Cc4ccccc4Cl)ccc32)CC1. The van der Waals surface area contributed by atoms with Crippen LogP contribution >= 0.6 is 11.6 Å². The van der Waals surface area contributed by atoms with Crippen LogP contribution in [0.25, 0.3) is 0 Å². The molecule has 1 heterocycles. The molecular formula is C23H24ClN. The lowest BCUT2D eigenvalue weighted by molar-refractivity contribution is 0.137. The van der Waals surface area contributed by atoms with E-state index in [1.54, 1.807) is 0 Å². The zero-order valence-electron chi connectivity index (χ0n) is 14.8. The van der Waals surface area contributed by atoms with E-state index in [1.165, 1.54) is 49.9 Å². The molecule has 1 aliphatic heterocycles. The van der Waals surface area contributed by atoms with Crippen LogP contribution in [0.1, 0.15) is 54.5 Å². The molecule has 2 aromatic rings. The molecule has 1 aliphatic carbocycles. The summed E-state index contributed by atoms with van der Waals surface area (Å²) in [4.78, 5) is 2.70. The lowest BCUT2D eigenvalue weighted by Crippen LogP contribution is -2.35. The average Bonchev–Trinajstić information content (AvgIpc) is 3.05. The fourth-order valence-electron chi connectivity index (χ4n) is 4.09. The normalized spacial score (nSPS) is 20.8. The first-order chi connectivity index (χ1) is 12.2. The third-order valence-electron chi connectivity index (χ3n) is 5.66. The molecule has 1 fully saturated rings. The first kappa shape index (κ1) is 16.7. The second kappa shape index (κ2) is 7.24. The van der Waals surface area contributed by atoms with Gasteiger partial charge in [0.1, 0.15) is 0 Å². The van der Waals surface area contributed by atoms with Gasteiger partial charge >= 0.3 is 0 Å². The molecule has 128 valence electrons. The van der Waals surface area contributed by atoms with E-state index in [0.717, 1.165) is 22.1 Å². The van der Waals surface area contributed by atoms with Crippen molar-refractivity contribution in [2.45, 2.75) is 38.6 Å². The van der Waals surface area contributed by atoms with E-state index < -0.39 is 0 Å². The average molecular weight is 350 g/mol. The molecule has 1 nitrogen and oxygen atoms in total. The van der Waals surface area contributed by atoms with Gasteiger partial charge in [-0.25, -0.2) is 0 Å². The van der Waals surface area contributed by atoms with Gasteiger partial charge in [-0.3, -0.25) is 4.90 Å². The maximum absolute atomic E-state index is 6.19. The highest BCUT2D eigenvalue weighted by molar-refractivity contribution is 6.31. The first-order valence-corrected chi connectivity index (χ1v) is 9.72. The third-order valence-corrected chi connectivity index (χ3v) is 5.99. The molecule has 0 spiro atoms. The predicted molar refractivity (Wildman–Crippen MR) is 105 cm³/mol. The maximum atomic E-state index is 6.19. The fourth-order valence-corrected chi connectivity index (χ4v) is 4.28. The van der Waals surface area contributed by atoms with Crippen molar-refractivity contribution in [3.05, 3.63) is 69.7 Å². The number of hydrogen-bond donors (Lipinski definition) is 0. The highest BCUT2D eigenvalue weighted by Crippen LogP contribution is 2.38. The number of fused-ring (bicyclic) bond motifs is 1. The molecule has 25 heavy (non-hydrogen) atoms. The van der Waals surface area contributed by atoms with Crippen molar-refractivity contribution in [1.29, 1.82) is 0 Å². The molecule has 0 bridgehead atoms. The Kier molecular flexibility index (Phi) is 4.84. The third kappa shape index (κ3) is 3.61. The van der Waals surface area contributed by atoms with Crippen LogP contribution in [-0.4, -0.2) is 18.0 Å². The number of aryl methyl sites for hydroxylation is 1. The van der Waals surface area contributed by atoms with Gasteiger partial charge in [-0.1, -0.05) is 48.6 Å². The van der Waals surface area contributed by atoms with Crippen molar-refractivity contribution in [2.24, 2.45) is 5.92 Å². The lowest BCUT2D eigenvalue weighted by Gasteiger charge is -2.35. The monoisotopic (exact) mass is 349 g/mol. The minimum atomic E-state index is 0.619. The van der Waals surface area contributed by atoms with Crippen LogP contribution in [0.2, 0.25) is 5.02 Å². The van der Waals surface area contributed by atoms with Crippen molar-refractivity contribution in [3.8, 4) is 11.8 Å². The minimum absolute atomic E-state index is 0.619. The van der Waals surface area contributed by atoms with Crippen LogP contribution in [0.15, 0.2) is 42.5 Å². The van der Waals surface area contributed by atoms with Gasteiger partial charge in [0.15, 0.2) is 0 Å². The van der Waals surface area contributed by atoms with Gasteiger partial charge in [0, 0.05) is 17.2 Å². The molecule has 1 saturated heterocycles. The van der Waals surface area contributed by atoms with Gasteiger partial charge in [0.05, 0.1) is 5.02 Å². The number of halogens is 1. The van der Waals surface area contributed by atoms with E-state index in [2.05, 4.69) is 41.9 Å². The molecule has 0 radical (unpaired) electrons. The lowest BCUT2D eigenvalue weighted by atomic mass is 9.96. The van der Waals surface area contributed by atoms with E-state index >= 15 is 0 Å². The number of piperidine rings is 1. The number of likely N-dealkylation sites (tertiary alicyclic amines) is 1. The fraction of sp³-hybridized carbons (Fsp3) is 0.391. The summed E-state index contributed by atoms with van der Waals surface area (Å²) in [7, 11) is 0. The van der Waals surface area contributed by atoms with Crippen LogP contribution in [0.3, 0.4) is 0 Å². The Morgan fingerprint density at radius 2 is 1.80 bits per heavy atom. The van der Waals surface area contributed by atoms with Gasteiger partial charge in [-0.15, -0.1) is 0 Å². The van der Waals surface area contributed by atoms with Crippen molar-refractivity contribution in [3.63, 3.8) is 0 Å². The maximum Gasteiger partial charge on any atom is 0.0562 e. The molecular weight excluding hydrogens is 326 g/mol. The molecule has 4 rings (SSSR count). The summed E-state index contributed by atoms with van der Waals surface area (Å²) in [5, 5.41) is 0.718. The van der Waals surface area contributed by atoms with Crippen molar-refractivity contribution in [1.82, 2.24) is 4.90 Å². The Bertz CT molecular complexity index is 821. The molecule has 0 N–H and O–H groups in total. The van der Waals surface area contributed by atoms with E-state index in [-0.39, 0.29) is 0 Å². The summed E-state index contributed by atoms with van der Waals surface area (Å²) in [5.74, 6) is 7.38. The topological polar surface area (TPSA) is 3.24 Å². The highest BCUT2D eigenvalue weighted by atomic mass is 35.5. The molecule has 0 aromatic heterocycles. The van der Waals surface area contributed by atoms with Gasteiger partial charge in [0.2, 0.25) is 0 Å². The van der Waals surface area contributed by atoms with E-state index in [0.29, 0.717) is 6.04 Å². The molecule has 2 aliphatic rings. The highest BCUT2D eigenvalue weighted by Gasteiger charge is 2.29. The Balaban J connectivity index is 1.53. The molecule has 0 saturated carbocycles.